The summed E-state index contributed by atoms with van der Waals surface area (Å²) in [6, 6.07) is 0. The Kier molecular flexibility index (Phi) is 1.89. The monoisotopic (exact) mass is 155 g/mol. The number of carboxylic acids is 1. The number of hydrogen-bond donors (Lipinski definition) is 1. The molecule has 1 atom stereocenters. The fourth-order valence-electron chi connectivity index (χ4n) is 0.808. The highest BCUT2D eigenvalue weighted by Gasteiger charge is 2.17. The number of carboxylic acid groups (broad SMARTS) is 1. The molecule has 1 unspecified atom stereocenters. The number of aromatic nitrogens is 3. The molecule has 0 radical (unpaired) electrons. The summed E-state index contributed by atoms with van der Waals surface area (Å²) in [7, 11) is 1.67. The Hall–Kier alpha value is -1.39. The molecule has 0 aliphatic heterocycles. The number of rotatable bonds is 2. The molecule has 0 aliphatic carbocycles. The Morgan fingerprint density at radius 3 is 2.82 bits per heavy atom. The Morgan fingerprint density at radius 1 is 1.82 bits per heavy atom. The van der Waals surface area contributed by atoms with Crippen LogP contribution < -0.4 is 0 Å². The molecule has 0 saturated heterocycles. The van der Waals surface area contributed by atoms with E-state index in [4.69, 9.17) is 5.11 Å². The number of aryl methyl sites for hydroxylation is 1. The standard InChI is InChI=1S/C6H9N3O2/c1-4(6(10)11)5-7-3-8-9(5)2/h3-4H,1-2H3,(H,10,11). The van der Waals surface area contributed by atoms with Crippen LogP contribution in [0.1, 0.15) is 18.7 Å². The predicted octanol–water partition coefficient (Wildman–Crippen LogP) is 0.00320. The van der Waals surface area contributed by atoms with E-state index in [1.807, 2.05) is 0 Å². The number of aliphatic carboxylic acids is 1. The summed E-state index contributed by atoms with van der Waals surface area (Å²) in [5.74, 6) is -1.01. The molecular formula is C6H9N3O2. The summed E-state index contributed by atoms with van der Waals surface area (Å²) in [5, 5.41) is 12.4. The molecule has 0 aliphatic rings. The topological polar surface area (TPSA) is 68.0 Å². The first-order valence-electron chi connectivity index (χ1n) is 3.19. The molecule has 1 N–H and O–H groups in total. The van der Waals surface area contributed by atoms with Crippen molar-refractivity contribution in [2.24, 2.45) is 7.05 Å². The van der Waals surface area contributed by atoms with Gasteiger partial charge in [-0.25, -0.2) is 4.98 Å². The smallest absolute Gasteiger partial charge is 0.313 e. The van der Waals surface area contributed by atoms with E-state index in [1.54, 1.807) is 14.0 Å². The zero-order valence-corrected chi connectivity index (χ0v) is 6.35. The first kappa shape index (κ1) is 7.71. The van der Waals surface area contributed by atoms with Gasteiger partial charge in [0, 0.05) is 7.05 Å². The number of carbonyl (C=O) groups is 1. The largest absolute Gasteiger partial charge is 0.481 e. The molecule has 1 rings (SSSR count). The van der Waals surface area contributed by atoms with Crippen LogP contribution in [-0.4, -0.2) is 25.8 Å². The lowest BCUT2D eigenvalue weighted by Gasteiger charge is -2.03. The minimum atomic E-state index is -0.888. The second-order valence-electron chi connectivity index (χ2n) is 2.30. The van der Waals surface area contributed by atoms with Crippen molar-refractivity contribution >= 4 is 5.97 Å². The van der Waals surface area contributed by atoms with Crippen LogP contribution in [0.15, 0.2) is 6.33 Å². The van der Waals surface area contributed by atoms with Crippen molar-refractivity contribution in [1.82, 2.24) is 14.8 Å². The van der Waals surface area contributed by atoms with Crippen LogP contribution in [-0.2, 0) is 11.8 Å². The van der Waals surface area contributed by atoms with E-state index >= 15 is 0 Å². The van der Waals surface area contributed by atoms with Crippen LogP contribution in [0, 0.1) is 0 Å². The molecule has 0 bridgehead atoms. The Morgan fingerprint density at radius 2 is 2.45 bits per heavy atom. The molecule has 60 valence electrons. The zero-order chi connectivity index (χ0) is 8.43. The van der Waals surface area contributed by atoms with Crippen molar-refractivity contribution in [3.8, 4) is 0 Å². The lowest BCUT2D eigenvalue weighted by Crippen LogP contribution is -2.13. The van der Waals surface area contributed by atoms with E-state index in [9.17, 15) is 4.79 Å². The van der Waals surface area contributed by atoms with Gasteiger partial charge in [-0.2, -0.15) is 5.10 Å². The van der Waals surface area contributed by atoms with Gasteiger partial charge in [0.2, 0.25) is 0 Å². The summed E-state index contributed by atoms with van der Waals surface area (Å²) in [6.07, 6.45) is 1.34. The first-order chi connectivity index (χ1) is 5.13. The summed E-state index contributed by atoms with van der Waals surface area (Å²) in [6.45, 7) is 1.58. The summed E-state index contributed by atoms with van der Waals surface area (Å²) in [4.78, 5) is 14.3. The zero-order valence-electron chi connectivity index (χ0n) is 6.35. The van der Waals surface area contributed by atoms with Gasteiger partial charge in [0.1, 0.15) is 18.1 Å². The van der Waals surface area contributed by atoms with Crippen LogP contribution in [0.3, 0.4) is 0 Å². The van der Waals surface area contributed by atoms with E-state index in [1.165, 1.54) is 11.0 Å². The SMILES string of the molecule is CC(C(=O)O)c1ncnn1C. The third-order valence-electron chi connectivity index (χ3n) is 1.50. The quantitative estimate of drug-likeness (QED) is 0.652. The highest BCUT2D eigenvalue weighted by Crippen LogP contribution is 2.09. The maximum absolute atomic E-state index is 10.5. The minimum Gasteiger partial charge on any atom is -0.481 e. The maximum Gasteiger partial charge on any atom is 0.313 e. The van der Waals surface area contributed by atoms with Gasteiger partial charge in [-0.3, -0.25) is 9.48 Å². The van der Waals surface area contributed by atoms with E-state index in [0.29, 0.717) is 5.82 Å². The van der Waals surface area contributed by atoms with Crippen LogP contribution in [0.5, 0.6) is 0 Å². The van der Waals surface area contributed by atoms with Gasteiger partial charge in [0.15, 0.2) is 0 Å². The first-order valence-corrected chi connectivity index (χ1v) is 3.19. The molecule has 5 nitrogen and oxygen atoms in total. The minimum absolute atomic E-state index is 0.470. The molecule has 1 aromatic heterocycles. The van der Waals surface area contributed by atoms with Crippen molar-refractivity contribution in [3.63, 3.8) is 0 Å². The molecule has 0 aromatic carbocycles. The van der Waals surface area contributed by atoms with Crippen LogP contribution >= 0.6 is 0 Å². The van der Waals surface area contributed by atoms with Crippen LogP contribution in [0.2, 0.25) is 0 Å². The Balaban J connectivity index is 2.92. The van der Waals surface area contributed by atoms with Crippen molar-refractivity contribution in [1.29, 1.82) is 0 Å². The average molecular weight is 155 g/mol. The third-order valence-corrected chi connectivity index (χ3v) is 1.50. The maximum atomic E-state index is 10.5. The lowest BCUT2D eigenvalue weighted by molar-refractivity contribution is -0.138. The van der Waals surface area contributed by atoms with Gasteiger partial charge in [0.25, 0.3) is 0 Å². The summed E-state index contributed by atoms with van der Waals surface area (Å²) < 4.78 is 1.46. The van der Waals surface area contributed by atoms with E-state index in [-0.39, 0.29) is 0 Å². The van der Waals surface area contributed by atoms with Gasteiger partial charge in [-0.15, -0.1) is 0 Å². The molecule has 11 heavy (non-hydrogen) atoms. The van der Waals surface area contributed by atoms with Gasteiger partial charge in [-0.1, -0.05) is 0 Å². The van der Waals surface area contributed by atoms with Crippen molar-refractivity contribution in [2.45, 2.75) is 12.8 Å². The van der Waals surface area contributed by atoms with Crippen molar-refractivity contribution in [3.05, 3.63) is 12.2 Å². The molecule has 5 heteroatoms. The van der Waals surface area contributed by atoms with Gasteiger partial charge in [0.05, 0.1) is 0 Å². The number of nitrogens with zero attached hydrogens (tertiary/aromatic N) is 3. The van der Waals surface area contributed by atoms with Crippen LogP contribution in [0.4, 0.5) is 0 Å². The normalized spacial score (nSPS) is 12.9. The second-order valence-corrected chi connectivity index (χ2v) is 2.30. The third kappa shape index (κ3) is 1.36. The highest BCUT2D eigenvalue weighted by molar-refractivity contribution is 5.74. The van der Waals surface area contributed by atoms with E-state index in [0.717, 1.165) is 0 Å². The molecule has 0 fully saturated rings. The molecule has 0 amide bonds. The Bertz CT molecular complexity index is 269. The van der Waals surface area contributed by atoms with Crippen molar-refractivity contribution < 1.29 is 9.90 Å². The fourth-order valence-corrected chi connectivity index (χ4v) is 0.808. The van der Waals surface area contributed by atoms with Gasteiger partial charge in [-0.05, 0) is 6.92 Å². The molecule has 0 saturated carbocycles. The van der Waals surface area contributed by atoms with E-state index in [2.05, 4.69) is 10.1 Å². The molecular weight excluding hydrogens is 146 g/mol. The van der Waals surface area contributed by atoms with Crippen molar-refractivity contribution in [2.75, 3.05) is 0 Å². The van der Waals surface area contributed by atoms with Gasteiger partial charge >= 0.3 is 5.97 Å². The highest BCUT2D eigenvalue weighted by atomic mass is 16.4. The second kappa shape index (κ2) is 2.69. The van der Waals surface area contributed by atoms with E-state index < -0.39 is 11.9 Å². The predicted molar refractivity (Wildman–Crippen MR) is 37.1 cm³/mol. The molecule has 1 heterocycles. The lowest BCUT2D eigenvalue weighted by atomic mass is 10.2. The molecule has 1 aromatic rings. The summed E-state index contributed by atoms with van der Waals surface area (Å²) >= 11 is 0. The summed E-state index contributed by atoms with van der Waals surface area (Å²) in [5.41, 5.74) is 0. The number of hydrogen-bond acceptors (Lipinski definition) is 3. The molecule has 0 spiro atoms. The average Bonchev–Trinajstić information content (AvgIpc) is 2.33. The Labute approximate surface area is 63.7 Å². The van der Waals surface area contributed by atoms with Gasteiger partial charge < -0.3 is 5.11 Å². The fraction of sp³-hybridized carbons (Fsp3) is 0.500. The van der Waals surface area contributed by atoms with Crippen LogP contribution in [0.25, 0.3) is 0 Å².